The largest absolute Gasteiger partial charge is 0.497 e. The van der Waals surface area contributed by atoms with E-state index >= 15 is 0 Å². The van der Waals surface area contributed by atoms with Crippen molar-refractivity contribution in [3.05, 3.63) is 28.9 Å². The number of rotatable bonds is 2. The summed E-state index contributed by atoms with van der Waals surface area (Å²) in [5, 5.41) is 0.201. The minimum absolute atomic E-state index is 0.132. The van der Waals surface area contributed by atoms with Gasteiger partial charge in [-0.15, -0.1) is 11.3 Å². The number of fused-ring (bicyclic) bond motifs is 1. The molecule has 0 aliphatic heterocycles. The lowest BCUT2D eigenvalue weighted by Crippen LogP contribution is -1.82. The third-order valence-electron chi connectivity index (χ3n) is 2.01. The van der Waals surface area contributed by atoms with Crippen LogP contribution in [0.2, 0.25) is 0 Å². The Morgan fingerprint density at radius 1 is 1.50 bits per heavy atom. The molecule has 0 amide bonds. The molecule has 0 aliphatic rings. The van der Waals surface area contributed by atoms with E-state index in [9.17, 15) is 9.18 Å². The van der Waals surface area contributed by atoms with Crippen molar-refractivity contribution < 1.29 is 13.9 Å². The molecule has 0 saturated carbocycles. The van der Waals surface area contributed by atoms with Crippen molar-refractivity contribution in [1.29, 1.82) is 0 Å². The van der Waals surface area contributed by atoms with Gasteiger partial charge in [0.15, 0.2) is 11.4 Å². The summed E-state index contributed by atoms with van der Waals surface area (Å²) in [6.07, 6.45) is 0.542. The summed E-state index contributed by atoms with van der Waals surface area (Å²) < 4.78 is 18.9. The maximum absolute atomic E-state index is 13.2. The van der Waals surface area contributed by atoms with Gasteiger partial charge in [0.25, 0.3) is 0 Å². The second-order valence-corrected chi connectivity index (χ2v) is 3.77. The molecular formula is C10H7FO2S. The van der Waals surface area contributed by atoms with E-state index in [2.05, 4.69) is 0 Å². The summed E-state index contributed by atoms with van der Waals surface area (Å²) in [7, 11) is 1.55. The average molecular weight is 210 g/mol. The van der Waals surface area contributed by atoms with E-state index in [0.29, 0.717) is 17.4 Å². The molecule has 1 aromatic heterocycles. The molecule has 0 atom stereocenters. The average Bonchev–Trinajstić information content (AvgIpc) is 2.51. The third-order valence-corrected chi connectivity index (χ3v) is 2.96. The molecule has 1 aromatic carbocycles. The molecule has 0 unspecified atom stereocenters. The van der Waals surface area contributed by atoms with E-state index in [4.69, 9.17) is 4.74 Å². The quantitative estimate of drug-likeness (QED) is 0.712. The standard InChI is InChI=1S/C10H7FO2S/c1-13-6-2-3-7-8(5-12)10(11)14-9(7)4-6/h2-5H,1H3. The van der Waals surface area contributed by atoms with E-state index in [1.54, 1.807) is 25.3 Å². The number of benzene rings is 1. The van der Waals surface area contributed by atoms with Crippen LogP contribution in [-0.2, 0) is 0 Å². The van der Waals surface area contributed by atoms with Gasteiger partial charge in [-0.2, -0.15) is 4.39 Å². The highest BCUT2D eigenvalue weighted by molar-refractivity contribution is 7.17. The van der Waals surface area contributed by atoms with Crippen molar-refractivity contribution in [2.75, 3.05) is 7.11 Å². The Labute approximate surface area is 83.9 Å². The van der Waals surface area contributed by atoms with Gasteiger partial charge in [-0.05, 0) is 18.2 Å². The van der Waals surface area contributed by atoms with Crippen LogP contribution in [0.1, 0.15) is 10.4 Å². The second-order valence-electron chi connectivity index (χ2n) is 2.77. The van der Waals surface area contributed by atoms with E-state index in [-0.39, 0.29) is 5.56 Å². The number of hydrogen-bond acceptors (Lipinski definition) is 3. The SMILES string of the molecule is COc1ccc2c(C=O)c(F)sc2c1. The summed E-state index contributed by atoms with van der Waals surface area (Å²) >= 11 is 0.955. The molecule has 72 valence electrons. The van der Waals surface area contributed by atoms with Crippen molar-refractivity contribution >= 4 is 27.7 Å². The maximum Gasteiger partial charge on any atom is 0.188 e. The first-order chi connectivity index (χ1) is 6.76. The zero-order valence-electron chi connectivity index (χ0n) is 7.41. The van der Waals surface area contributed by atoms with Gasteiger partial charge < -0.3 is 4.74 Å². The van der Waals surface area contributed by atoms with Crippen LogP contribution in [0, 0.1) is 5.13 Å². The zero-order chi connectivity index (χ0) is 10.1. The minimum Gasteiger partial charge on any atom is -0.497 e. The van der Waals surface area contributed by atoms with Crippen molar-refractivity contribution in [3.63, 3.8) is 0 Å². The lowest BCUT2D eigenvalue weighted by molar-refractivity contribution is 0.112. The van der Waals surface area contributed by atoms with Crippen LogP contribution in [0.3, 0.4) is 0 Å². The lowest BCUT2D eigenvalue weighted by Gasteiger charge is -1.97. The molecule has 0 aliphatic carbocycles. The number of carbonyl (C=O) groups is 1. The van der Waals surface area contributed by atoms with Crippen LogP contribution in [-0.4, -0.2) is 13.4 Å². The van der Waals surface area contributed by atoms with Crippen LogP contribution in [0.4, 0.5) is 4.39 Å². The van der Waals surface area contributed by atoms with Crippen LogP contribution in [0.5, 0.6) is 5.75 Å². The molecule has 2 rings (SSSR count). The first-order valence-corrected chi connectivity index (χ1v) is 4.79. The molecule has 2 nitrogen and oxygen atoms in total. The molecule has 0 fully saturated rings. The van der Waals surface area contributed by atoms with Gasteiger partial charge in [-0.1, -0.05) is 0 Å². The number of halogens is 1. The molecule has 14 heavy (non-hydrogen) atoms. The maximum atomic E-state index is 13.2. The van der Waals surface area contributed by atoms with Crippen LogP contribution < -0.4 is 4.74 Å². The number of methoxy groups -OCH3 is 1. The fourth-order valence-corrected chi connectivity index (χ4v) is 2.23. The van der Waals surface area contributed by atoms with Crippen molar-refractivity contribution in [2.24, 2.45) is 0 Å². The molecule has 0 saturated heterocycles. The predicted molar refractivity (Wildman–Crippen MR) is 53.7 cm³/mol. The highest BCUT2D eigenvalue weighted by atomic mass is 32.1. The van der Waals surface area contributed by atoms with Crippen molar-refractivity contribution in [2.45, 2.75) is 0 Å². The van der Waals surface area contributed by atoms with Crippen molar-refractivity contribution in [3.8, 4) is 5.75 Å². The van der Waals surface area contributed by atoms with Gasteiger partial charge >= 0.3 is 0 Å². The monoisotopic (exact) mass is 210 g/mol. The number of thiophene rings is 1. The second kappa shape index (κ2) is 3.38. The predicted octanol–water partition coefficient (Wildman–Crippen LogP) is 2.86. The third kappa shape index (κ3) is 1.28. The summed E-state index contributed by atoms with van der Waals surface area (Å²) in [5.74, 6) is 0.663. The Hall–Kier alpha value is -1.42. The summed E-state index contributed by atoms with van der Waals surface area (Å²) in [4.78, 5) is 10.6. The van der Waals surface area contributed by atoms with E-state index in [0.717, 1.165) is 16.0 Å². The molecule has 0 spiro atoms. The fraction of sp³-hybridized carbons (Fsp3) is 0.100. The van der Waals surface area contributed by atoms with Crippen LogP contribution >= 0.6 is 11.3 Å². The lowest BCUT2D eigenvalue weighted by atomic mass is 10.2. The highest BCUT2D eigenvalue weighted by Crippen LogP contribution is 2.31. The van der Waals surface area contributed by atoms with E-state index in [1.165, 1.54) is 0 Å². The minimum atomic E-state index is -0.441. The Kier molecular flexibility index (Phi) is 2.21. The van der Waals surface area contributed by atoms with E-state index in [1.807, 2.05) is 0 Å². The molecule has 0 N–H and O–H groups in total. The highest BCUT2D eigenvalue weighted by Gasteiger charge is 2.11. The Morgan fingerprint density at radius 3 is 2.93 bits per heavy atom. The van der Waals surface area contributed by atoms with Gasteiger partial charge in [0.1, 0.15) is 5.75 Å². The normalized spacial score (nSPS) is 10.4. The van der Waals surface area contributed by atoms with E-state index < -0.39 is 5.13 Å². The van der Waals surface area contributed by atoms with Crippen LogP contribution in [0.25, 0.3) is 10.1 Å². The first kappa shape index (κ1) is 9.15. The fourth-order valence-electron chi connectivity index (χ4n) is 1.30. The molecule has 0 radical (unpaired) electrons. The molecule has 2 aromatic rings. The number of carbonyl (C=O) groups excluding carboxylic acids is 1. The Morgan fingerprint density at radius 2 is 2.29 bits per heavy atom. The number of hydrogen-bond donors (Lipinski definition) is 0. The Bertz CT molecular complexity index is 490. The summed E-state index contributed by atoms with van der Waals surface area (Å²) in [5.41, 5.74) is 0.132. The molecule has 0 bridgehead atoms. The molecule has 4 heteroatoms. The van der Waals surface area contributed by atoms with Gasteiger partial charge in [-0.25, -0.2) is 0 Å². The van der Waals surface area contributed by atoms with Crippen molar-refractivity contribution in [1.82, 2.24) is 0 Å². The number of aldehydes is 1. The zero-order valence-corrected chi connectivity index (χ0v) is 8.23. The topological polar surface area (TPSA) is 26.3 Å². The first-order valence-electron chi connectivity index (χ1n) is 3.97. The molecule has 1 heterocycles. The Balaban J connectivity index is 2.74. The summed E-state index contributed by atoms with van der Waals surface area (Å²) in [6, 6.07) is 5.12. The van der Waals surface area contributed by atoms with Gasteiger partial charge in [0, 0.05) is 10.1 Å². The van der Waals surface area contributed by atoms with Gasteiger partial charge in [0.2, 0.25) is 0 Å². The van der Waals surface area contributed by atoms with Gasteiger partial charge in [0.05, 0.1) is 12.7 Å². The van der Waals surface area contributed by atoms with Crippen LogP contribution in [0.15, 0.2) is 18.2 Å². The number of ether oxygens (including phenoxy) is 1. The molecular weight excluding hydrogens is 203 g/mol. The summed E-state index contributed by atoms with van der Waals surface area (Å²) in [6.45, 7) is 0. The smallest absolute Gasteiger partial charge is 0.188 e. The van der Waals surface area contributed by atoms with Gasteiger partial charge in [-0.3, -0.25) is 4.79 Å².